The minimum Gasteiger partial charge on any atom is -0.357 e. The molecule has 4 heteroatoms. The van der Waals surface area contributed by atoms with Crippen LogP contribution in [-0.2, 0) is 6.54 Å². The van der Waals surface area contributed by atoms with Gasteiger partial charge in [-0.3, -0.25) is 9.69 Å². The maximum atomic E-state index is 13.3. The highest BCUT2D eigenvalue weighted by molar-refractivity contribution is 6.05. The van der Waals surface area contributed by atoms with Crippen molar-refractivity contribution >= 4 is 11.6 Å². The van der Waals surface area contributed by atoms with E-state index in [4.69, 9.17) is 0 Å². The Labute approximate surface area is 178 Å². The first kappa shape index (κ1) is 19.1. The van der Waals surface area contributed by atoms with Gasteiger partial charge in [-0.15, -0.1) is 0 Å². The van der Waals surface area contributed by atoms with E-state index in [2.05, 4.69) is 40.2 Å². The third kappa shape index (κ3) is 3.80. The molecule has 1 aliphatic heterocycles. The third-order valence-electron chi connectivity index (χ3n) is 6.95. The lowest BCUT2D eigenvalue weighted by Crippen LogP contribution is -2.56. The van der Waals surface area contributed by atoms with Crippen LogP contribution in [0.25, 0.3) is 0 Å². The second-order valence-electron chi connectivity index (χ2n) is 8.92. The van der Waals surface area contributed by atoms with Crippen LogP contribution in [0.1, 0.15) is 41.7 Å². The molecule has 1 saturated carbocycles. The van der Waals surface area contributed by atoms with Crippen molar-refractivity contribution in [3.63, 3.8) is 0 Å². The normalized spacial score (nSPS) is 18.8. The molecule has 0 radical (unpaired) electrons. The number of aromatic nitrogens is 1. The van der Waals surface area contributed by atoms with Crippen LogP contribution in [0.2, 0.25) is 0 Å². The SMILES string of the molecule is O=C(c1ccc[nH]1)N(c1ccccc1)C1CC2(CCN(Cc3ccccc3)CC2)C1. The fourth-order valence-electron chi connectivity index (χ4n) is 5.23. The number of nitrogens with one attached hydrogen (secondary N) is 1. The predicted molar refractivity (Wildman–Crippen MR) is 120 cm³/mol. The number of anilines is 1. The summed E-state index contributed by atoms with van der Waals surface area (Å²) in [5, 5.41) is 0. The van der Waals surface area contributed by atoms with Crippen LogP contribution in [0.3, 0.4) is 0 Å². The summed E-state index contributed by atoms with van der Waals surface area (Å²) in [6.45, 7) is 3.34. The molecule has 1 saturated heterocycles. The number of H-pyrrole nitrogens is 1. The van der Waals surface area contributed by atoms with Crippen molar-refractivity contribution < 1.29 is 4.79 Å². The minimum atomic E-state index is 0.0764. The smallest absolute Gasteiger partial charge is 0.274 e. The number of hydrogen-bond donors (Lipinski definition) is 1. The average molecular weight is 400 g/mol. The van der Waals surface area contributed by atoms with Crippen LogP contribution < -0.4 is 4.90 Å². The second kappa shape index (κ2) is 8.11. The van der Waals surface area contributed by atoms with E-state index >= 15 is 0 Å². The van der Waals surface area contributed by atoms with E-state index in [9.17, 15) is 4.79 Å². The number of likely N-dealkylation sites (tertiary alicyclic amines) is 1. The molecule has 2 aromatic carbocycles. The number of aromatic amines is 1. The Morgan fingerprint density at radius 3 is 2.23 bits per heavy atom. The van der Waals surface area contributed by atoms with E-state index in [1.165, 1.54) is 18.4 Å². The topological polar surface area (TPSA) is 39.3 Å². The third-order valence-corrected chi connectivity index (χ3v) is 6.95. The maximum Gasteiger partial charge on any atom is 0.274 e. The summed E-state index contributed by atoms with van der Waals surface area (Å²) < 4.78 is 0. The van der Waals surface area contributed by atoms with Crippen molar-refractivity contribution in [3.05, 3.63) is 90.3 Å². The maximum absolute atomic E-state index is 13.3. The Balaban J connectivity index is 1.24. The molecule has 1 spiro atoms. The number of carbonyl (C=O) groups is 1. The van der Waals surface area contributed by atoms with E-state index < -0.39 is 0 Å². The Morgan fingerprint density at radius 1 is 0.933 bits per heavy atom. The summed E-state index contributed by atoms with van der Waals surface area (Å²) in [5.74, 6) is 0.0764. The summed E-state index contributed by atoms with van der Waals surface area (Å²) in [6, 6.07) is 24.9. The first-order chi connectivity index (χ1) is 14.7. The van der Waals surface area contributed by atoms with Gasteiger partial charge in [0.15, 0.2) is 0 Å². The molecular formula is C26H29N3O. The lowest BCUT2D eigenvalue weighted by Gasteiger charge is -2.55. The second-order valence-corrected chi connectivity index (χ2v) is 8.92. The number of carbonyl (C=O) groups excluding carboxylic acids is 1. The van der Waals surface area contributed by atoms with E-state index in [1.54, 1.807) is 0 Å². The van der Waals surface area contributed by atoms with Crippen molar-refractivity contribution in [1.82, 2.24) is 9.88 Å². The lowest BCUT2D eigenvalue weighted by molar-refractivity contribution is 0.0128. The van der Waals surface area contributed by atoms with E-state index in [0.717, 1.165) is 38.2 Å². The molecular weight excluding hydrogens is 370 g/mol. The van der Waals surface area contributed by atoms with Gasteiger partial charge < -0.3 is 9.88 Å². The molecule has 5 rings (SSSR count). The van der Waals surface area contributed by atoms with Gasteiger partial charge in [0.05, 0.1) is 0 Å². The molecule has 30 heavy (non-hydrogen) atoms. The van der Waals surface area contributed by atoms with Crippen molar-refractivity contribution in [3.8, 4) is 0 Å². The number of rotatable bonds is 5. The molecule has 3 aromatic rings. The predicted octanol–water partition coefficient (Wildman–Crippen LogP) is 5.11. The van der Waals surface area contributed by atoms with Gasteiger partial charge in [0.1, 0.15) is 5.69 Å². The average Bonchev–Trinajstić information content (AvgIpc) is 3.30. The van der Waals surface area contributed by atoms with Crippen molar-refractivity contribution in [2.24, 2.45) is 5.41 Å². The number of nitrogens with zero attached hydrogens (tertiary/aromatic N) is 2. The molecule has 154 valence electrons. The molecule has 1 N–H and O–H groups in total. The van der Waals surface area contributed by atoms with E-state index in [1.807, 2.05) is 53.6 Å². The Kier molecular flexibility index (Phi) is 5.17. The van der Waals surface area contributed by atoms with Crippen LogP contribution in [0, 0.1) is 5.41 Å². The van der Waals surface area contributed by atoms with Crippen molar-refractivity contribution in [1.29, 1.82) is 0 Å². The molecule has 2 fully saturated rings. The Bertz CT molecular complexity index is 952. The van der Waals surface area contributed by atoms with E-state index in [0.29, 0.717) is 11.1 Å². The minimum absolute atomic E-state index is 0.0764. The van der Waals surface area contributed by atoms with Gasteiger partial charge in [0.2, 0.25) is 0 Å². The van der Waals surface area contributed by atoms with Gasteiger partial charge in [-0.2, -0.15) is 0 Å². The van der Waals surface area contributed by atoms with Crippen LogP contribution in [0.5, 0.6) is 0 Å². The summed E-state index contributed by atoms with van der Waals surface area (Å²) in [7, 11) is 0. The monoisotopic (exact) mass is 399 g/mol. The van der Waals surface area contributed by atoms with Crippen molar-refractivity contribution in [2.45, 2.75) is 38.3 Å². The fraction of sp³-hybridized carbons (Fsp3) is 0.346. The Hall–Kier alpha value is -2.85. The summed E-state index contributed by atoms with van der Waals surface area (Å²) in [6.07, 6.45) is 6.49. The number of hydrogen-bond acceptors (Lipinski definition) is 2. The highest BCUT2D eigenvalue weighted by Crippen LogP contribution is 2.52. The van der Waals surface area contributed by atoms with Gasteiger partial charge in [0, 0.05) is 24.5 Å². The van der Waals surface area contributed by atoms with Gasteiger partial charge in [-0.1, -0.05) is 48.5 Å². The molecule has 2 heterocycles. The number of piperidine rings is 1. The molecule has 1 amide bonds. The number of para-hydroxylation sites is 1. The molecule has 0 bridgehead atoms. The summed E-state index contributed by atoms with van der Waals surface area (Å²) >= 11 is 0. The first-order valence-corrected chi connectivity index (χ1v) is 11.0. The van der Waals surface area contributed by atoms with Gasteiger partial charge in [-0.25, -0.2) is 0 Å². The van der Waals surface area contributed by atoms with Crippen molar-refractivity contribution in [2.75, 3.05) is 18.0 Å². The van der Waals surface area contributed by atoms with Crippen LogP contribution in [0.15, 0.2) is 79.0 Å². The molecule has 1 aliphatic carbocycles. The molecule has 2 aliphatic rings. The quantitative estimate of drug-likeness (QED) is 0.648. The number of amides is 1. The molecule has 0 unspecified atom stereocenters. The first-order valence-electron chi connectivity index (χ1n) is 11.0. The highest BCUT2D eigenvalue weighted by atomic mass is 16.2. The van der Waals surface area contributed by atoms with Gasteiger partial charge in [-0.05, 0) is 74.0 Å². The van der Waals surface area contributed by atoms with E-state index in [-0.39, 0.29) is 11.9 Å². The standard InChI is InChI=1S/C26H29N3O/c30-25(24-12-7-15-27-24)29(22-10-5-2-6-11-22)23-18-26(19-23)13-16-28(17-14-26)20-21-8-3-1-4-9-21/h1-12,15,23,27H,13-14,16-20H2. The zero-order chi connectivity index (χ0) is 20.4. The molecule has 4 nitrogen and oxygen atoms in total. The zero-order valence-electron chi connectivity index (χ0n) is 17.3. The Morgan fingerprint density at radius 2 is 1.60 bits per heavy atom. The van der Waals surface area contributed by atoms with Gasteiger partial charge >= 0.3 is 0 Å². The van der Waals surface area contributed by atoms with Crippen LogP contribution in [0.4, 0.5) is 5.69 Å². The van der Waals surface area contributed by atoms with Crippen LogP contribution in [-0.4, -0.2) is 34.9 Å². The fourth-order valence-corrected chi connectivity index (χ4v) is 5.23. The molecule has 1 aromatic heterocycles. The summed E-state index contributed by atoms with van der Waals surface area (Å²) in [5.41, 5.74) is 3.46. The molecule has 0 atom stereocenters. The van der Waals surface area contributed by atoms with Crippen LogP contribution >= 0.6 is 0 Å². The lowest BCUT2D eigenvalue weighted by atomic mass is 9.60. The highest BCUT2D eigenvalue weighted by Gasteiger charge is 2.49. The zero-order valence-corrected chi connectivity index (χ0v) is 17.3. The largest absolute Gasteiger partial charge is 0.357 e. The summed E-state index contributed by atoms with van der Waals surface area (Å²) in [4.78, 5) is 20.9. The number of benzene rings is 2. The van der Waals surface area contributed by atoms with Gasteiger partial charge in [0.25, 0.3) is 5.91 Å².